The van der Waals surface area contributed by atoms with Crippen LogP contribution in [-0.4, -0.2) is 10.8 Å². The van der Waals surface area contributed by atoms with Crippen LogP contribution in [-0.2, 0) is 17.9 Å². The third-order valence-electron chi connectivity index (χ3n) is 5.35. The lowest BCUT2D eigenvalue weighted by atomic mass is 9.79. The van der Waals surface area contributed by atoms with E-state index in [4.69, 9.17) is 4.42 Å². The molecule has 0 aliphatic heterocycles. The Bertz CT molecular complexity index is 576. The van der Waals surface area contributed by atoms with Gasteiger partial charge in [0.15, 0.2) is 0 Å². The number of amides is 1. The van der Waals surface area contributed by atoms with Crippen molar-refractivity contribution in [3.8, 4) is 0 Å². The summed E-state index contributed by atoms with van der Waals surface area (Å²) in [5, 5.41) is 2.08. The molecule has 1 amide bonds. The van der Waals surface area contributed by atoms with Gasteiger partial charge in [0.05, 0.1) is 19.1 Å². The topological polar surface area (TPSA) is 33.5 Å². The molecule has 1 fully saturated rings. The first-order valence-electron chi connectivity index (χ1n) is 9.58. The highest BCUT2D eigenvalue weighted by atomic mass is 32.1. The Hall–Kier alpha value is -1.55. The predicted octanol–water partition coefficient (Wildman–Crippen LogP) is 5.87. The fourth-order valence-electron chi connectivity index (χ4n) is 3.85. The van der Waals surface area contributed by atoms with Gasteiger partial charge in [0.25, 0.3) is 0 Å². The van der Waals surface area contributed by atoms with Crippen LogP contribution in [0.5, 0.6) is 0 Å². The summed E-state index contributed by atoms with van der Waals surface area (Å²) in [4.78, 5) is 16.4. The Morgan fingerprint density at radius 1 is 1.24 bits per heavy atom. The summed E-state index contributed by atoms with van der Waals surface area (Å²) in [6, 6.07) is 6.12. The molecule has 4 heteroatoms. The molecule has 0 N–H and O–H groups in total. The lowest BCUT2D eigenvalue weighted by Gasteiger charge is -2.32. The summed E-state index contributed by atoms with van der Waals surface area (Å²) in [6.45, 7) is 3.61. The molecule has 0 spiro atoms. The highest BCUT2D eigenvalue weighted by Gasteiger charge is 2.29. The van der Waals surface area contributed by atoms with Crippen molar-refractivity contribution in [2.45, 2.75) is 65.0 Å². The summed E-state index contributed by atoms with van der Waals surface area (Å²) >= 11 is 1.72. The SMILES string of the molecule is CCCCC1CCC(C(=O)N(Cc2ccoc2)Cc2cccs2)CC1. The Kier molecular flexibility index (Phi) is 6.74. The lowest BCUT2D eigenvalue weighted by molar-refractivity contribution is -0.138. The van der Waals surface area contributed by atoms with Crippen LogP contribution in [0.15, 0.2) is 40.5 Å². The molecular weight excluding hydrogens is 330 g/mol. The summed E-state index contributed by atoms with van der Waals surface area (Å²) in [6.07, 6.45) is 11.9. The van der Waals surface area contributed by atoms with Crippen LogP contribution in [0.2, 0.25) is 0 Å². The summed E-state index contributed by atoms with van der Waals surface area (Å²) < 4.78 is 5.19. The normalized spacial score (nSPS) is 20.5. The number of rotatable bonds is 8. The molecule has 0 bridgehead atoms. The number of furan rings is 1. The first-order valence-corrected chi connectivity index (χ1v) is 10.5. The minimum Gasteiger partial charge on any atom is -0.472 e. The maximum absolute atomic E-state index is 13.2. The highest BCUT2D eigenvalue weighted by molar-refractivity contribution is 7.09. The molecule has 0 aromatic carbocycles. The molecule has 1 aliphatic carbocycles. The molecule has 0 radical (unpaired) electrons. The number of nitrogens with zero attached hydrogens (tertiary/aromatic N) is 1. The number of unbranched alkanes of at least 4 members (excludes halogenated alkanes) is 1. The average molecular weight is 360 g/mol. The molecule has 2 aromatic rings. The van der Waals surface area contributed by atoms with Crippen molar-refractivity contribution >= 4 is 17.2 Å². The second-order valence-electron chi connectivity index (χ2n) is 7.27. The predicted molar refractivity (Wildman–Crippen MR) is 102 cm³/mol. The van der Waals surface area contributed by atoms with Crippen LogP contribution < -0.4 is 0 Å². The van der Waals surface area contributed by atoms with E-state index in [1.165, 1.54) is 37.0 Å². The quantitative estimate of drug-likeness (QED) is 0.591. The second-order valence-corrected chi connectivity index (χ2v) is 8.30. The minimum atomic E-state index is 0.199. The number of hydrogen-bond acceptors (Lipinski definition) is 3. The number of hydrogen-bond donors (Lipinski definition) is 0. The maximum Gasteiger partial charge on any atom is 0.226 e. The molecule has 0 unspecified atom stereocenters. The van der Waals surface area contributed by atoms with Crippen molar-refractivity contribution in [3.05, 3.63) is 46.5 Å². The van der Waals surface area contributed by atoms with E-state index in [9.17, 15) is 4.79 Å². The molecular formula is C21H29NO2S. The van der Waals surface area contributed by atoms with E-state index in [-0.39, 0.29) is 5.92 Å². The Balaban J connectivity index is 1.60. The van der Waals surface area contributed by atoms with Gasteiger partial charge in [-0.1, -0.05) is 32.3 Å². The van der Waals surface area contributed by atoms with E-state index in [2.05, 4.69) is 24.4 Å². The monoisotopic (exact) mass is 359 g/mol. The lowest BCUT2D eigenvalue weighted by Crippen LogP contribution is -2.36. The van der Waals surface area contributed by atoms with E-state index in [1.54, 1.807) is 23.9 Å². The summed E-state index contributed by atoms with van der Waals surface area (Å²) in [5.41, 5.74) is 1.07. The molecule has 25 heavy (non-hydrogen) atoms. The van der Waals surface area contributed by atoms with Crippen LogP contribution in [0.25, 0.3) is 0 Å². The van der Waals surface area contributed by atoms with Crippen molar-refractivity contribution in [2.24, 2.45) is 11.8 Å². The van der Waals surface area contributed by atoms with Crippen LogP contribution in [0.4, 0.5) is 0 Å². The van der Waals surface area contributed by atoms with Gasteiger partial charge in [0.2, 0.25) is 5.91 Å². The smallest absolute Gasteiger partial charge is 0.226 e. The van der Waals surface area contributed by atoms with E-state index in [1.807, 2.05) is 11.0 Å². The Morgan fingerprint density at radius 2 is 2.08 bits per heavy atom. The van der Waals surface area contributed by atoms with Gasteiger partial charge in [-0.05, 0) is 49.1 Å². The van der Waals surface area contributed by atoms with Gasteiger partial charge in [-0.3, -0.25) is 4.79 Å². The molecule has 3 nitrogen and oxygen atoms in total. The van der Waals surface area contributed by atoms with Crippen molar-refractivity contribution < 1.29 is 9.21 Å². The molecule has 1 aliphatic rings. The van der Waals surface area contributed by atoms with Crippen LogP contribution in [0.1, 0.15) is 62.3 Å². The third-order valence-corrected chi connectivity index (χ3v) is 6.22. The third kappa shape index (κ3) is 5.21. The van der Waals surface area contributed by atoms with Gasteiger partial charge < -0.3 is 9.32 Å². The number of thiophene rings is 1. The maximum atomic E-state index is 13.2. The Morgan fingerprint density at radius 3 is 2.72 bits per heavy atom. The minimum absolute atomic E-state index is 0.199. The standard InChI is InChI=1S/C21H29NO2S/c1-2-3-5-17-7-9-19(10-8-17)21(23)22(14-18-11-12-24-16-18)15-20-6-4-13-25-20/h4,6,11-13,16-17,19H,2-3,5,7-10,14-15H2,1H3. The fraction of sp³-hybridized carbons (Fsp3) is 0.571. The van der Waals surface area contributed by atoms with E-state index >= 15 is 0 Å². The second kappa shape index (κ2) is 9.23. The molecule has 0 saturated heterocycles. The van der Waals surface area contributed by atoms with Crippen molar-refractivity contribution in [2.75, 3.05) is 0 Å². The van der Waals surface area contributed by atoms with Gasteiger partial charge in [-0.15, -0.1) is 11.3 Å². The molecule has 2 aromatic heterocycles. The Labute approximate surface area is 155 Å². The molecule has 1 saturated carbocycles. The fourth-order valence-corrected chi connectivity index (χ4v) is 4.57. The zero-order valence-corrected chi connectivity index (χ0v) is 16.0. The van der Waals surface area contributed by atoms with Crippen LogP contribution >= 0.6 is 11.3 Å². The van der Waals surface area contributed by atoms with Gasteiger partial charge in [-0.2, -0.15) is 0 Å². The van der Waals surface area contributed by atoms with Crippen LogP contribution in [0.3, 0.4) is 0 Å². The zero-order chi connectivity index (χ0) is 17.5. The summed E-state index contributed by atoms with van der Waals surface area (Å²) in [5.74, 6) is 1.36. The largest absolute Gasteiger partial charge is 0.472 e. The van der Waals surface area contributed by atoms with E-state index in [0.717, 1.165) is 24.3 Å². The zero-order valence-electron chi connectivity index (χ0n) is 15.2. The van der Waals surface area contributed by atoms with Crippen molar-refractivity contribution in [1.29, 1.82) is 0 Å². The van der Waals surface area contributed by atoms with Crippen molar-refractivity contribution in [3.63, 3.8) is 0 Å². The first-order chi connectivity index (χ1) is 12.3. The van der Waals surface area contributed by atoms with E-state index < -0.39 is 0 Å². The molecule has 2 heterocycles. The van der Waals surface area contributed by atoms with Gasteiger partial charge in [0, 0.05) is 22.9 Å². The molecule has 3 rings (SSSR count). The highest BCUT2D eigenvalue weighted by Crippen LogP contribution is 2.33. The van der Waals surface area contributed by atoms with Gasteiger partial charge in [-0.25, -0.2) is 0 Å². The number of carbonyl (C=O) groups is 1. The van der Waals surface area contributed by atoms with Crippen LogP contribution in [0, 0.1) is 11.8 Å². The van der Waals surface area contributed by atoms with Crippen molar-refractivity contribution in [1.82, 2.24) is 4.90 Å². The summed E-state index contributed by atoms with van der Waals surface area (Å²) in [7, 11) is 0. The van der Waals surface area contributed by atoms with E-state index in [0.29, 0.717) is 19.0 Å². The molecule has 0 atom stereocenters. The number of carbonyl (C=O) groups excluding carboxylic acids is 1. The van der Waals surface area contributed by atoms with Gasteiger partial charge >= 0.3 is 0 Å². The first kappa shape index (κ1) is 18.2. The molecule has 136 valence electrons. The van der Waals surface area contributed by atoms with Gasteiger partial charge in [0.1, 0.15) is 0 Å². The average Bonchev–Trinajstić information content (AvgIpc) is 3.33.